The molecule has 3 atom stereocenters. The van der Waals surface area contributed by atoms with E-state index in [1.807, 2.05) is 12.1 Å². The number of fused-ring (bicyclic) bond motifs is 1. The maximum Gasteiger partial charge on any atom is 0.251 e. The van der Waals surface area contributed by atoms with Crippen LogP contribution in [-0.2, 0) is 16.0 Å². The fourth-order valence-electron chi connectivity index (χ4n) is 3.57. The molecule has 0 spiro atoms. The lowest BCUT2D eigenvalue weighted by molar-refractivity contribution is -0.116. The molecule has 2 amide bonds. The van der Waals surface area contributed by atoms with Crippen LogP contribution in [0.3, 0.4) is 0 Å². The normalized spacial score (nSPS) is 25.0. The van der Waals surface area contributed by atoms with E-state index in [1.165, 1.54) is 0 Å². The Morgan fingerprint density at radius 1 is 1.32 bits per heavy atom. The maximum absolute atomic E-state index is 12.5. The van der Waals surface area contributed by atoms with Gasteiger partial charge < -0.3 is 15.4 Å². The van der Waals surface area contributed by atoms with Crippen molar-refractivity contribution in [2.24, 2.45) is 0 Å². The second-order valence-corrected chi connectivity index (χ2v) is 7.19. The summed E-state index contributed by atoms with van der Waals surface area (Å²) in [5, 5.41) is 5.87. The molecule has 25 heavy (non-hydrogen) atoms. The van der Waals surface area contributed by atoms with Crippen molar-refractivity contribution in [1.29, 1.82) is 0 Å². The number of ether oxygens (including phenoxy) is 1. The molecule has 0 saturated carbocycles. The molecular weight excluding hydrogens is 318 g/mol. The minimum absolute atomic E-state index is 0.0347. The topological polar surface area (TPSA) is 70.7 Å². The van der Waals surface area contributed by atoms with Crippen molar-refractivity contribution in [3.63, 3.8) is 0 Å². The number of carbonyl (C=O) groups is 2. The highest BCUT2D eigenvalue weighted by Crippen LogP contribution is 2.23. The quantitative estimate of drug-likeness (QED) is 0.873. The van der Waals surface area contributed by atoms with Gasteiger partial charge in [0.25, 0.3) is 5.91 Å². The molecule has 0 radical (unpaired) electrons. The average Bonchev–Trinajstić information content (AvgIpc) is 2.58. The first kappa shape index (κ1) is 17.9. The van der Waals surface area contributed by atoms with Crippen LogP contribution in [0.4, 0.5) is 5.69 Å². The number of hydrogen-bond acceptors (Lipinski definition) is 4. The summed E-state index contributed by atoms with van der Waals surface area (Å²) >= 11 is 0. The van der Waals surface area contributed by atoms with Gasteiger partial charge in [-0.25, -0.2) is 0 Å². The number of morpholine rings is 1. The molecule has 3 rings (SSSR count). The molecule has 2 N–H and O–H groups in total. The molecule has 6 nitrogen and oxygen atoms in total. The second kappa shape index (κ2) is 7.54. The highest BCUT2D eigenvalue weighted by Gasteiger charge is 2.26. The molecule has 0 unspecified atom stereocenters. The Hall–Kier alpha value is -1.92. The zero-order chi connectivity index (χ0) is 18.0. The molecule has 1 aromatic rings. The van der Waals surface area contributed by atoms with Crippen molar-refractivity contribution in [1.82, 2.24) is 10.2 Å². The first-order valence-electron chi connectivity index (χ1n) is 9.03. The number of carbonyl (C=O) groups excluding carboxylic acids is 2. The smallest absolute Gasteiger partial charge is 0.251 e. The molecular formula is C19H27N3O3. The zero-order valence-corrected chi connectivity index (χ0v) is 15.2. The van der Waals surface area contributed by atoms with E-state index in [0.717, 1.165) is 24.3 Å². The van der Waals surface area contributed by atoms with E-state index in [9.17, 15) is 9.59 Å². The molecule has 0 aromatic heterocycles. The number of nitrogens with zero attached hydrogens (tertiary/aromatic N) is 1. The number of nitrogens with one attached hydrogen (secondary N) is 2. The van der Waals surface area contributed by atoms with Crippen LogP contribution in [0.1, 0.15) is 43.1 Å². The van der Waals surface area contributed by atoms with Gasteiger partial charge in [-0.2, -0.15) is 0 Å². The predicted octanol–water partition coefficient (Wildman–Crippen LogP) is 1.80. The Balaban J connectivity index is 1.56. The van der Waals surface area contributed by atoms with Crippen LogP contribution in [0.25, 0.3) is 0 Å². The summed E-state index contributed by atoms with van der Waals surface area (Å²) in [6.45, 7) is 8.68. The van der Waals surface area contributed by atoms with Crippen molar-refractivity contribution in [3.05, 3.63) is 29.3 Å². The number of amides is 2. The van der Waals surface area contributed by atoms with Gasteiger partial charge in [0.05, 0.1) is 12.2 Å². The number of aryl methyl sites for hydroxylation is 1. The molecule has 1 fully saturated rings. The van der Waals surface area contributed by atoms with Gasteiger partial charge in [-0.05, 0) is 51.0 Å². The van der Waals surface area contributed by atoms with Gasteiger partial charge in [-0.15, -0.1) is 0 Å². The molecule has 2 aliphatic heterocycles. The van der Waals surface area contributed by atoms with E-state index in [1.54, 1.807) is 6.07 Å². The molecule has 1 saturated heterocycles. The molecule has 136 valence electrons. The Labute approximate surface area is 148 Å². The van der Waals surface area contributed by atoms with Crippen LogP contribution in [-0.4, -0.2) is 54.6 Å². The molecule has 1 aromatic carbocycles. The van der Waals surface area contributed by atoms with Gasteiger partial charge in [-0.3, -0.25) is 14.5 Å². The van der Waals surface area contributed by atoms with Gasteiger partial charge in [0, 0.05) is 43.3 Å². The Kier molecular flexibility index (Phi) is 5.39. The molecule has 2 heterocycles. The van der Waals surface area contributed by atoms with Crippen LogP contribution >= 0.6 is 0 Å². The van der Waals surface area contributed by atoms with Crippen molar-refractivity contribution >= 4 is 17.5 Å². The second-order valence-electron chi connectivity index (χ2n) is 7.19. The van der Waals surface area contributed by atoms with Gasteiger partial charge in [0.1, 0.15) is 0 Å². The molecule has 2 aliphatic rings. The SMILES string of the molecule is C[C@@H]1CN([C@H](C)CNC(=O)c2ccc3c(c2)CCC(=O)N3)C[C@@H](C)O1. The van der Waals surface area contributed by atoms with E-state index in [-0.39, 0.29) is 30.1 Å². The summed E-state index contributed by atoms with van der Waals surface area (Å²) < 4.78 is 5.76. The summed E-state index contributed by atoms with van der Waals surface area (Å²) in [4.78, 5) is 26.2. The first-order valence-corrected chi connectivity index (χ1v) is 9.03. The third-order valence-electron chi connectivity index (χ3n) is 4.89. The van der Waals surface area contributed by atoms with Crippen molar-refractivity contribution in [2.75, 3.05) is 25.0 Å². The Morgan fingerprint density at radius 2 is 2.04 bits per heavy atom. The predicted molar refractivity (Wildman–Crippen MR) is 96.8 cm³/mol. The van der Waals surface area contributed by atoms with E-state index >= 15 is 0 Å². The highest BCUT2D eigenvalue weighted by atomic mass is 16.5. The number of benzene rings is 1. The average molecular weight is 345 g/mol. The summed E-state index contributed by atoms with van der Waals surface area (Å²) in [6.07, 6.45) is 1.60. The highest BCUT2D eigenvalue weighted by molar-refractivity contribution is 5.97. The standard InChI is InChI=1S/C19H27N3O3/c1-12(22-10-13(2)25-14(3)11-22)9-20-19(24)16-4-6-17-15(8-16)5-7-18(23)21-17/h4,6,8,12-14H,5,7,9-11H2,1-3H3,(H,20,24)(H,21,23)/t12-,13-,14-/m1/s1. The van der Waals surface area contributed by atoms with Crippen molar-refractivity contribution < 1.29 is 14.3 Å². The third-order valence-corrected chi connectivity index (χ3v) is 4.89. The maximum atomic E-state index is 12.5. The van der Waals surface area contributed by atoms with Crippen LogP contribution in [0.15, 0.2) is 18.2 Å². The van der Waals surface area contributed by atoms with E-state index in [0.29, 0.717) is 24.9 Å². The minimum atomic E-state index is -0.0686. The Morgan fingerprint density at radius 3 is 2.76 bits per heavy atom. The van der Waals surface area contributed by atoms with Gasteiger partial charge in [0.2, 0.25) is 5.91 Å². The Bertz CT molecular complexity index is 651. The minimum Gasteiger partial charge on any atom is -0.373 e. The lowest BCUT2D eigenvalue weighted by Crippen LogP contribution is -2.52. The van der Waals surface area contributed by atoms with E-state index in [4.69, 9.17) is 4.74 Å². The number of hydrogen-bond donors (Lipinski definition) is 2. The van der Waals surface area contributed by atoms with Gasteiger partial charge in [-0.1, -0.05) is 0 Å². The number of anilines is 1. The van der Waals surface area contributed by atoms with Crippen molar-refractivity contribution in [3.8, 4) is 0 Å². The van der Waals surface area contributed by atoms with Crippen LogP contribution < -0.4 is 10.6 Å². The van der Waals surface area contributed by atoms with Crippen LogP contribution in [0.5, 0.6) is 0 Å². The summed E-state index contributed by atoms with van der Waals surface area (Å²) in [7, 11) is 0. The first-order chi connectivity index (χ1) is 11.9. The lowest BCUT2D eigenvalue weighted by atomic mass is 10.00. The molecule has 6 heteroatoms. The monoisotopic (exact) mass is 345 g/mol. The van der Waals surface area contributed by atoms with Gasteiger partial charge in [0.15, 0.2) is 0 Å². The lowest BCUT2D eigenvalue weighted by Gasteiger charge is -2.39. The van der Waals surface area contributed by atoms with Gasteiger partial charge >= 0.3 is 0 Å². The van der Waals surface area contributed by atoms with E-state index in [2.05, 4.69) is 36.3 Å². The number of rotatable bonds is 4. The van der Waals surface area contributed by atoms with Crippen LogP contribution in [0.2, 0.25) is 0 Å². The van der Waals surface area contributed by atoms with Crippen molar-refractivity contribution in [2.45, 2.75) is 51.9 Å². The third kappa shape index (κ3) is 4.38. The molecule has 0 aliphatic carbocycles. The van der Waals surface area contributed by atoms with Crippen LogP contribution in [0, 0.1) is 0 Å². The fourth-order valence-corrected chi connectivity index (χ4v) is 3.57. The molecule has 0 bridgehead atoms. The summed E-state index contributed by atoms with van der Waals surface area (Å²) in [5.41, 5.74) is 2.49. The summed E-state index contributed by atoms with van der Waals surface area (Å²) in [6, 6.07) is 5.72. The summed E-state index contributed by atoms with van der Waals surface area (Å²) in [5.74, 6) is -0.0339. The zero-order valence-electron chi connectivity index (χ0n) is 15.2. The van der Waals surface area contributed by atoms with E-state index < -0.39 is 0 Å². The fraction of sp³-hybridized carbons (Fsp3) is 0.579. The largest absolute Gasteiger partial charge is 0.373 e.